The number of methoxy groups -OCH3 is 2. The quantitative estimate of drug-likeness (QED) is 0.761. The molecule has 0 saturated heterocycles. The number of hydrogen-bond acceptors (Lipinski definition) is 5. The van der Waals surface area contributed by atoms with Crippen LogP contribution in [0.1, 0.15) is 5.56 Å². The molecule has 0 unspecified atom stereocenters. The van der Waals surface area contributed by atoms with Crippen LogP contribution in [0.2, 0.25) is 0 Å². The molecule has 0 atom stereocenters. The molecule has 5 nitrogen and oxygen atoms in total. The molecule has 2 rings (SSSR count). The van der Waals surface area contributed by atoms with E-state index in [0.29, 0.717) is 22.8 Å². The average Bonchev–Trinajstić information content (AvgIpc) is 2.85. The van der Waals surface area contributed by atoms with Gasteiger partial charge in [-0.15, -0.1) is 0 Å². The van der Waals surface area contributed by atoms with Crippen molar-refractivity contribution in [2.45, 2.75) is 0 Å². The number of ether oxygens (including phenoxy) is 4. The zero-order chi connectivity index (χ0) is 13.0. The minimum atomic E-state index is 0.183. The minimum Gasteiger partial charge on any atom is -0.493 e. The number of hydrogen-bond donors (Lipinski definition) is 0. The molecule has 0 aromatic heterocycles. The van der Waals surface area contributed by atoms with E-state index in [1.165, 1.54) is 0 Å². The highest BCUT2D eigenvalue weighted by Gasteiger charge is 2.19. The van der Waals surface area contributed by atoms with Gasteiger partial charge in [0.2, 0.25) is 12.5 Å². The van der Waals surface area contributed by atoms with E-state index < -0.39 is 0 Å². The molecule has 94 valence electrons. The first kappa shape index (κ1) is 12.3. The van der Waals surface area contributed by atoms with Crippen LogP contribution < -0.4 is 14.2 Å². The van der Waals surface area contributed by atoms with Gasteiger partial charge in [-0.25, -0.2) is 0 Å². The van der Waals surface area contributed by atoms with Crippen molar-refractivity contribution in [1.29, 1.82) is 5.26 Å². The van der Waals surface area contributed by atoms with Crippen LogP contribution in [0.3, 0.4) is 0 Å². The van der Waals surface area contributed by atoms with E-state index in [-0.39, 0.29) is 13.4 Å². The van der Waals surface area contributed by atoms with Crippen molar-refractivity contribution in [3.63, 3.8) is 0 Å². The van der Waals surface area contributed by atoms with Crippen LogP contribution in [0.4, 0.5) is 0 Å². The van der Waals surface area contributed by atoms with E-state index in [4.69, 9.17) is 24.2 Å². The normalized spacial score (nSPS) is 13.3. The van der Waals surface area contributed by atoms with Gasteiger partial charge in [-0.05, 0) is 23.8 Å². The molecular weight excluding hydrogens is 234 g/mol. The summed E-state index contributed by atoms with van der Waals surface area (Å²) in [7, 11) is 3.11. The van der Waals surface area contributed by atoms with E-state index in [2.05, 4.69) is 6.07 Å². The van der Waals surface area contributed by atoms with Gasteiger partial charge in [-0.3, -0.25) is 0 Å². The molecule has 1 aromatic rings. The summed E-state index contributed by atoms with van der Waals surface area (Å²) in [4.78, 5) is 0. The van der Waals surface area contributed by atoms with Gasteiger partial charge >= 0.3 is 0 Å². The first-order valence-corrected chi connectivity index (χ1v) is 5.35. The maximum atomic E-state index is 8.95. The van der Waals surface area contributed by atoms with Gasteiger partial charge in [0.05, 0.1) is 25.4 Å². The summed E-state index contributed by atoms with van der Waals surface area (Å²) in [5, 5.41) is 8.95. The molecule has 0 spiro atoms. The van der Waals surface area contributed by atoms with Crippen molar-refractivity contribution in [3.05, 3.63) is 23.3 Å². The monoisotopic (exact) mass is 247 g/mol. The highest BCUT2D eigenvalue weighted by molar-refractivity contribution is 5.65. The minimum absolute atomic E-state index is 0.183. The smallest absolute Gasteiger partial charge is 0.231 e. The lowest BCUT2D eigenvalue weighted by atomic mass is 10.1. The standard InChI is InChI=1S/C13H13NO4/c1-15-7-10(6-14)3-9-4-11(16-2)13-12(5-9)17-8-18-13/h3-5H,7-8H2,1-2H3/b10-3-. The first-order valence-electron chi connectivity index (χ1n) is 5.35. The van der Waals surface area contributed by atoms with Gasteiger partial charge in [-0.2, -0.15) is 5.26 Å². The Balaban J connectivity index is 2.38. The summed E-state index contributed by atoms with van der Waals surface area (Å²) >= 11 is 0. The molecule has 1 aromatic carbocycles. The molecule has 0 aliphatic carbocycles. The van der Waals surface area contributed by atoms with Crippen molar-refractivity contribution in [2.24, 2.45) is 0 Å². The summed E-state index contributed by atoms with van der Waals surface area (Å²) in [5.41, 5.74) is 1.34. The fraction of sp³-hybridized carbons (Fsp3) is 0.308. The predicted molar refractivity (Wildman–Crippen MR) is 64.6 cm³/mol. The summed E-state index contributed by atoms with van der Waals surface area (Å²) in [6.07, 6.45) is 1.73. The Hall–Kier alpha value is -2.19. The Morgan fingerprint density at radius 3 is 2.94 bits per heavy atom. The molecule has 0 saturated carbocycles. The molecular formula is C13H13NO4. The fourth-order valence-corrected chi connectivity index (χ4v) is 1.70. The second-order valence-electron chi connectivity index (χ2n) is 3.67. The van der Waals surface area contributed by atoms with Gasteiger partial charge in [0, 0.05) is 7.11 Å². The fourth-order valence-electron chi connectivity index (χ4n) is 1.70. The third-order valence-electron chi connectivity index (χ3n) is 2.47. The second-order valence-corrected chi connectivity index (χ2v) is 3.67. The van der Waals surface area contributed by atoms with Crippen LogP contribution >= 0.6 is 0 Å². The highest BCUT2D eigenvalue weighted by atomic mass is 16.7. The number of nitrogens with zero attached hydrogens (tertiary/aromatic N) is 1. The van der Waals surface area contributed by atoms with E-state index in [9.17, 15) is 0 Å². The zero-order valence-electron chi connectivity index (χ0n) is 10.2. The maximum absolute atomic E-state index is 8.95. The Kier molecular flexibility index (Phi) is 3.70. The van der Waals surface area contributed by atoms with E-state index in [1.54, 1.807) is 32.4 Å². The molecule has 1 aliphatic rings. The van der Waals surface area contributed by atoms with Crippen LogP contribution in [0.15, 0.2) is 17.7 Å². The molecule has 0 amide bonds. The molecule has 0 fully saturated rings. The van der Waals surface area contributed by atoms with Crippen LogP contribution in [0.25, 0.3) is 6.08 Å². The number of rotatable bonds is 4. The third-order valence-corrected chi connectivity index (χ3v) is 2.47. The van der Waals surface area contributed by atoms with Gasteiger partial charge in [-0.1, -0.05) is 0 Å². The van der Waals surface area contributed by atoms with E-state index in [1.807, 2.05) is 0 Å². The van der Waals surface area contributed by atoms with Crippen molar-refractivity contribution >= 4 is 6.08 Å². The topological polar surface area (TPSA) is 60.7 Å². The van der Waals surface area contributed by atoms with Crippen LogP contribution in [0, 0.1) is 11.3 Å². The van der Waals surface area contributed by atoms with Gasteiger partial charge in [0.15, 0.2) is 11.5 Å². The van der Waals surface area contributed by atoms with Crippen LogP contribution in [-0.2, 0) is 4.74 Å². The maximum Gasteiger partial charge on any atom is 0.231 e. The molecule has 1 aliphatic heterocycles. The van der Waals surface area contributed by atoms with Crippen molar-refractivity contribution in [1.82, 2.24) is 0 Å². The number of benzene rings is 1. The molecule has 0 bridgehead atoms. The third kappa shape index (κ3) is 2.39. The Bertz CT molecular complexity index is 516. The van der Waals surface area contributed by atoms with Crippen molar-refractivity contribution < 1.29 is 18.9 Å². The van der Waals surface area contributed by atoms with Crippen LogP contribution in [0.5, 0.6) is 17.2 Å². The van der Waals surface area contributed by atoms with Gasteiger partial charge < -0.3 is 18.9 Å². The van der Waals surface area contributed by atoms with Gasteiger partial charge in [0.1, 0.15) is 0 Å². The summed E-state index contributed by atoms with van der Waals surface area (Å²) < 4.78 is 20.8. The van der Waals surface area contributed by atoms with E-state index >= 15 is 0 Å². The summed E-state index contributed by atoms with van der Waals surface area (Å²) in [6.45, 7) is 0.454. The number of nitriles is 1. The average molecular weight is 247 g/mol. The lowest BCUT2D eigenvalue weighted by Crippen LogP contribution is -1.93. The van der Waals surface area contributed by atoms with Crippen molar-refractivity contribution in [3.8, 4) is 23.3 Å². The molecule has 1 heterocycles. The lowest BCUT2D eigenvalue weighted by molar-refractivity contribution is 0.171. The Labute approximate surface area is 105 Å². The molecule has 5 heteroatoms. The molecule has 18 heavy (non-hydrogen) atoms. The first-order chi connectivity index (χ1) is 8.78. The molecule has 0 radical (unpaired) electrons. The summed E-state index contributed by atoms with van der Waals surface area (Å²) in [5.74, 6) is 1.81. The lowest BCUT2D eigenvalue weighted by Gasteiger charge is -2.06. The zero-order valence-corrected chi connectivity index (χ0v) is 10.2. The van der Waals surface area contributed by atoms with Crippen LogP contribution in [-0.4, -0.2) is 27.6 Å². The number of fused-ring (bicyclic) bond motifs is 1. The predicted octanol–water partition coefficient (Wildman–Crippen LogP) is 1.98. The Morgan fingerprint density at radius 2 is 2.28 bits per heavy atom. The van der Waals surface area contributed by atoms with Gasteiger partial charge in [0.25, 0.3) is 0 Å². The van der Waals surface area contributed by atoms with Crippen molar-refractivity contribution in [2.75, 3.05) is 27.6 Å². The highest BCUT2D eigenvalue weighted by Crippen LogP contribution is 2.42. The molecule has 0 N–H and O–H groups in total. The Morgan fingerprint density at radius 1 is 1.44 bits per heavy atom. The largest absolute Gasteiger partial charge is 0.493 e. The summed E-state index contributed by atoms with van der Waals surface area (Å²) in [6, 6.07) is 5.68. The SMILES string of the molecule is COC/C(C#N)=C\c1cc(OC)c2c(c1)OCO2. The van der Waals surface area contributed by atoms with E-state index in [0.717, 1.165) is 5.56 Å². The second kappa shape index (κ2) is 5.43.